The Bertz CT molecular complexity index is 620. The van der Waals surface area contributed by atoms with Crippen molar-refractivity contribution < 1.29 is 14.6 Å². The lowest BCUT2D eigenvalue weighted by atomic mass is 9.92. The number of aliphatic carboxylic acids is 1. The van der Waals surface area contributed by atoms with Gasteiger partial charge in [0.2, 0.25) is 0 Å². The fourth-order valence-electron chi connectivity index (χ4n) is 2.33. The Balaban J connectivity index is 2.05. The van der Waals surface area contributed by atoms with Crippen LogP contribution < -0.4 is 4.74 Å². The molecule has 4 heteroatoms. The van der Waals surface area contributed by atoms with Crippen LogP contribution in [0, 0.1) is 0 Å². The summed E-state index contributed by atoms with van der Waals surface area (Å²) in [7, 11) is 0. The van der Waals surface area contributed by atoms with E-state index in [1.54, 1.807) is 24.3 Å². The highest BCUT2D eigenvalue weighted by atomic mass is 35.5. The fraction of sp³-hybridized carbons (Fsp3) is 0.316. The molecule has 2 rings (SSSR count). The average Bonchev–Trinajstić information content (AvgIpc) is 2.55. The number of halogens is 1. The minimum atomic E-state index is -0.837. The molecule has 122 valence electrons. The van der Waals surface area contributed by atoms with Crippen molar-refractivity contribution in [2.45, 2.75) is 32.1 Å². The van der Waals surface area contributed by atoms with Crippen molar-refractivity contribution in [3.63, 3.8) is 0 Å². The summed E-state index contributed by atoms with van der Waals surface area (Å²) < 4.78 is 5.62. The molecular formula is C19H21ClO3. The summed E-state index contributed by atoms with van der Waals surface area (Å²) in [6, 6.07) is 14.6. The first kappa shape index (κ1) is 17.4. The van der Waals surface area contributed by atoms with E-state index in [1.807, 2.05) is 24.3 Å². The van der Waals surface area contributed by atoms with E-state index < -0.39 is 11.9 Å². The molecule has 0 spiro atoms. The van der Waals surface area contributed by atoms with Gasteiger partial charge in [-0.3, -0.25) is 4.79 Å². The summed E-state index contributed by atoms with van der Waals surface area (Å²) in [5.74, 6) is -0.602. The van der Waals surface area contributed by atoms with Crippen LogP contribution in [0.3, 0.4) is 0 Å². The third-order valence-corrected chi connectivity index (χ3v) is 3.95. The zero-order valence-electron chi connectivity index (χ0n) is 13.2. The molecule has 1 N–H and O–H groups in total. The normalized spacial score (nSPS) is 11.9. The predicted molar refractivity (Wildman–Crippen MR) is 92.4 cm³/mol. The van der Waals surface area contributed by atoms with Crippen molar-refractivity contribution in [3.05, 3.63) is 64.7 Å². The molecule has 3 nitrogen and oxygen atoms in total. The number of ether oxygens (including phenoxy) is 1. The Kier molecular flexibility index (Phi) is 6.48. The Morgan fingerprint density at radius 1 is 1.13 bits per heavy atom. The van der Waals surface area contributed by atoms with Crippen LogP contribution in [-0.4, -0.2) is 17.7 Å². The molecule has 2 aromatic rings. The quantitative estimate of drug-likeness (QED) is 0.697. The number of rotatable bonds is 8. The number of hydrogen-bond donors (Lipinski definition) is 1. The molecule has 0 bridgehead atoms. The smallest absolute Gasteiger partial charge is 0.311 e. The molecule has 0 aromatic heterocycles. The van der Waals surface area contributed by atoms with Crippen LogP contribution in [0.1, 0.15) is 36.8 Å². The van der Waals surface area contributed by atoms with Crippen LogP contribution >= 0.6 is 11.6 Å². The van der Waals surface area contributed by atoms with Crippen molar-refractivity contribution >= 4 is 17.6 Å². The molecule has 1 atom stereocenters. The molecule has 2 aromatic carbocycles. The monoisotopic (exact) mass is 332 g/mol. The van der Waals surface area contributed by atoms with Crippen LogP contribution in [0.25, 0.3) is 0 Å². The van der Waals surface area contributed by atoms with Crippen molar-refractivity contribution in [1.29, 1.82) is 0 Å². The third-order valence-electron chi connectivity index (χ3n) is 3.70. The van der Waals surface area contributed by atoms with Gasteiger partial charge in [-0.1, -0.05) is 49.2 Å². The standard InChI is InChI=1S/C19H21ClO3/c1-2-3-12-23-17-10-4-14(5-11-17)13-18(19(21)22)15-6-8-16(20)9-7-15/h4-11,18H,2-3,12-13H2,1H3,(H,21,22). The maximum absolute atomic E-state index is 11.6. The van der Waals surface area contributed by atoms with Crippen LogP contribution in [0.15, 0.2) is 48.5 Å². The number of carboxylic acid groups (broad SMARTS) is 1. The summed E-state index contributed by atoms with van der Waals surface area (Å²) in [5, 5.41) is 10.1. The predicted octanol–water partition coefficient (Wildman–Crippen LogP) is 4.93. The lowest BCUT2D eigenvalue weighted by Gasteiger charge is -2.13. The number of carbonyl (C=O) groups is 1. The van der Waals surface area contributed by atoms with Crippen LogP contribution in [-0.2, 0) is 11.2 Å². The Hall–Kier alpha value is -2.00. The van der Waals surface area contributed by atoms with E-state index in [0.29, 0.717) is 18.1 Å². The largest absolute Gasteiger partial charge is 0.494 e. The summed E-state index contributed by atoms with van der Waals surface area (Å²) in [4.78, 5) is 11.6. The van der Waals surface area contributed by atoms with Gasteiger partial charge in [-0.15, -0.1) is 0 Å². The molecule has 0 fully saturated rings. The lowest BCUT2D eigenvalue weighted by Crippen LogP contribution is -2.14. The van der Waals surface area contributed by atoms with Gasteiger partial charge in [-0.05, 0) is 48.2 Å². The minimum absolute atomic E-state index is 0.437. The highest BCUT2D eigenvalue weighted by molar-refractivity contribution is 6.30. The molecule has 0 aliphatic carbocycles. The molecule has 1 unspecified atom stereocenters. The molecule has 0 radical (unpaired) electrons. The van der Waals surface area contributed by atoms with Gasteiger partial charge in [-0.25, -0.2) is 0 Å². The van der Waals surface area contributed by atoms with Crippen LogP contribution in [0.5, 0.6) is 5.75 Å². The van der Waals surface area contributed by atoms with Gasteiger partial charge >= 0.3 is 5.97 Å². The summed E-state index contributed by atoms with van der Waals surface area (Å²) in [5.41, 5.74) is 1.72. The minimum Gasteiger partial charge on any atom is -0.494 e. The van der Waals surface area contributed by atoms with Gasteiger partial charge in [0.05, 0.1) is 12.5 Å². The van der Waals surface area contributed by atoms with Gasteiger partial charge in [0, 0.05) is 5.02 Å². The molecule has 0 saturated carbocycles. The van der Waals surface area contributed by atoms with E-state index in [0.717, 1.165) is 29.7 Å². The van der Waals surface area contributed by atoms with E-state index in [1.165, 1.54) is 0 Å². The highest BCUT2D eigenvalue weighted by Gasteiger charge is 2.20. The highest BCUT2D eigenvalue weighted by Crippen LogP contribution is 2.24. The first-order valence-corrected chi connectivity index (χ1v) is 8.18. The number of hydrogen-bond acceptors (Lipinski definition) is 2. The van der Waals surface area contributed by atoms with Crippen molar-refractivity contribution in [2.24, 2.45) is 0 Å². The maximum Gasteiger partial charge on any atom is 0.311 e. The molecule has 0 aliphatic rings. The molecule has 0 amide bonds. The van der Waals surface area contributed by atoms with Crippen molar-refractivity contribution in [2.75, 3.05) is 6.61 Å². The van der Waals surface area contributed by atoms with E-state index in [4.69, 9.17) is 16.3 Å². The van der Waals surface area contributed by atoms with E-state index >= 15 is 0 Å². The zero-order valence-corrected chi connectivity index (χ0v) is 13.9. The van der Waals surface area contributed by atoms with E-state index in [-0.39, 0.29) is 0 Å². The molecule has 0 aliphatic heterocycles. The number of unbranched alkanes of at least 4 members (excludes halogenated alkanes) is 1. The SMILES string of the molecule is CCCCOc1ccc(CC(C(=O)O)c2ccc(Cl)cc2)cc1. The van der Waals surface area contributed by atoms with Gasteiger partial charge in [0.15, 0.2) is 0 Å². The van der Waals surface area contributed by atoms with Gasteiger partial charge in [-0.2, -0.15) is 0 Å². The Labute approximate surface area is 141 Å². The third kappa shape index (κ3) is 5.29. The van der Waals surface area contributed by atoms with E-state index in [9.17, 15) is 9.90 Å². The second-order valence-corrected chi connectivity index (χ2v) is 5.93. The first-order valence-electron chi connectivity index (χ1n) is 7.80. The first-order chi connectivity index (χ1) is 11.1. The van der Waals surface area contributed by atoms with Gasteiger partial charge < -0.3 is 9.84 Å². The van der Waals surface area contributed by atoms with Crippen LogP contribution in [0.4, 0.5) is 0 Å². The number of benzene rings is 2. The summed E-state index contributed by atoms with van der Waals surface area (Å²) in [6.07, 6.45) is 2.56. The molecule has 23 heavy (non-hydrogen) atoms. The number of carboxylic acids is 1. The Morgan fingerprint density at radius 3 is 2.35 bits per heavy atom. The molecule has 0 saturated heterocycles. The van der Waals surface area contributed by atoms with Gasteiger partial charge in [0.25, 0.3) is 0 Å². The summed E-state index contributed by atoms with van der Waals surface area (Å²) >= 11 is 5.86. The fourth-order valence-corrected chi connectivity index (χ4v) is 2.46. The van der Waals surface area contributed by atoms with Gasteiger partial charge in [0.1, 0.15) is 5.75 Å². The van der Waals surface area contributed by atoms with E-state index in [2.05, 4.69) is 6.92 Å². The average molecular weight is 333 g/mol. The summed E-state index contributed by atoms with van der Waals surface area (Å²) in [6.45, 7) is 2.83. The maximum atomic E-state index is 11.6. The Morgan fingerprint density at radius 2 is 1.78 bits per heavy atom. The molecule has 0 heterocycles. The topological polar surface area (TPSA) is 46.5 Å². The van der Waals surface area contributed by atoms with Crippen LogP contribution in [0.2, 0.25) is 5.02 Å². The second kappa shape index (κ2) is 8.59. The second-order valence-electron chi connectivity index (χ2n) is 5.49. The van der Waals surface area contributed by atoms with Crippen molar-refractivity contribution in [1.82, 2.24) is 0 Å². The zero-order chi connectivity index (χ0) is 16.7. The lowest BCUT2D eigenvalue weighted by molar-refractivity contribution is -0.138. The molecular weight excluding hydrogens is 312 g/mol. The van der Waals surface area contributed by atoms with Crippen molar-refractivity contribution in [3.8, 4) is 5.75 Å².